The van der Waals surface area contributed by atoms with Crippen molar-refractivity contribution in [2.24, 2.45) is 5.92 Å². The first-order chi connectivity index (χ1) is 16.4. The summed E-state index contributed by atoms with van der Waals surface area (Å²) in [6.07, 6.45) is 1.67. The summed E-state index contributed by atoms with van der Waals surface area (Å²) in [4.78, 5) is 28.2. The third-order valence-electron chi connectivity index (χ3n) is 6.80. The Kier molecular flexibility index (Phi) is 6.91. The highest BCUT2D eigenvalue weighted by molar-refractivity contribution is 7.90. The molecule has 2 N–H and O–H groups in total. The number of aliphatic hydroxyl groups excluding tert-OH is 1. The summed E-state index contributed by atoms with van der Waals surface area (Å²) in [5, 5.41) is 12.4. The minimum absolute atomic E-state index is 0.0110. The topological polar surface area (TPSA) is 104 Å². The van der Waals surface area contributed by atoms with Gasteiger partial charge in [0.2, 0.25) is 5.91 Å². The summed E-state index contributed by atoms with van der Waals surface area (Å²) in [6, 6.07) is 4.84. The van der Waals surface area contributed by atoms with Crippen LogP contribution >= 0.6 is 11.6 Å². The number of sulfone groups is 1. The van der Waals surface area contributed by atoms with Crippen molar-refractivity contribution in [2.45, 2.75) is 55.3 Å². The SMILES string of the molecule is CC(O)C(NC(=O)[C@H]1C[C@H]2CC[C@H]2N1C(=O)c1cccc(S(C)(=O)=O)c1)c1cc(F)c(Cl)cc1F. The van der Waals surface area contributed by atoms with Crippen LogP contribution < -0.4 is 5.32 Å². The number of carbonyl (C=O) groups is 2. The zero-order valence-corrected chi connectivity index (χ0v) is 20.6. The lowest BCUT2D eigenvalue weighted by Crippen LogP contribution is -2.52. The van der Waals surface area contributed by atoms with E-state index in [9.17, 15) is 31.9 Å². The number of nitrogens with zero attached hydrogens (tertiary/aromatic N) is 1. The fraction of sp³-hybridized carbons (Fsp3) is 0.417. The minimum atomic E-state index is -3.54. The molecule has 0 bridgehead atoms. The number of fused-ring (bicyclic) bond motifs is 1. The van der Waals surface area contributed by atoms with E-state index in [0.29, 0.717) is 12.8 Å². The molecule has 1 aliphatic carbocycles. The van der Waals surface area contributed by atoms with Gasteiger partial charge < -0.3 is 15.3 Å². The second-order valence-corrected chi connectivity index (χ2v) is 11.6. The van der Waals surface area contributed by atoms with Crippen LogP contribution in [-0.2, 0) is 14.6 Å². The van der Waals surface area contributed by atoms with E-state index in [2.05, 4.69) is 5.32 Å². The summed E-state index contributed by atoms with van der Waals surface area (Å²) in [5.41, 5.74) is -0.133. The van der Waals surface area contributed by atoms with E-state index < -0.39 is 56.5 Å². The minimum Gasteiger partial charge on any atom is -0.391 e. The van der Waals surface area contributed by atoms with E-state index in [4.69, 9.17) is 11.6 Å². The predicted octanol–water partition coefficient (Wildman–Crippen LogP) is 3.25. The molecule has 11 heteroatoms. The summed E-state index contributed by atoms with van der Waals surface area (Å²) in [7, 11) is -3.54. The molecule has 2 unspecified atom stereocenters. The maximum Gasteiger partial charge on any atom is 0.254 e. The Morgan fingerprint density at radius 1 is 1.17 bits per heavy atom. The van der Waals surface area contributed by atoms with Gasteiger partial charge in [-0.25, -0.2) is 17.2 Å². The Balaban J connectivity index is 1.62. The Labute approximate surface area is 207 Å². The van der Waals surface area contributed by atoms with Crippen molar-refractivity contribution in [2.75, 3.05) is 6.26 Å². The van der Waals surface area contributed by atoms with Crippen LogP contribution in [0.15, 0.2) is 41.3 Å². The first-order valence-electron chi connectivity index (χ1n) is 11.1. The molecule has 1 aliphatic heterocycles. The van der Waals surface area contributed by atoms with Gasteiger partial charge in [0.1, 0.15) is 17.7 Å². The lowest BCUT2D eigenvalue weighted by atomic mass is 9.80. The van der Waals surface area contributed by atoms with Crippen molar-refractivity contribution < 1.29 is 31.9 Å². The van der Waals surface area contributed by atoms with Gasteiger partial charge in [-0.3, -0.25) is 9.59 Å². The smallest absolute Gasteiger partial charge is 0.254 e. The molecule has 2 aromatic rings. The quantitative estimate of drug-likeness (QED) is 0.562. The first kappa shape index (κ1) is 25.5. The molecule has 188 valence electrons. The highest BCUT2D eigenvalue weighted by Gasteiger charge is 2.51. The molecule has 0 spiro atoms. The number of benzene rings is 2. The van der Waals surface area contributed by atoms with Crippen molar-refractivity contribution in [3.05, 3.63) is 64.2 Å². The van der Waals surface area contributed by atoms with Crippen LogP contribution in [0.1, 0.15) is 48.1 Å². The molecule has 1 heterocycles. The highest BCUT2D eigenvalue weighted by atomic mass is 35.5. The van der Waals surface area contributed by atoms with Crippen LogP contribution in [-0.4, -0.2) is 54.7 Å². The molecule has 2 aliphatic rings. The van der Waals surface area contributed by atoms with Crippen molar-refractivity contribution in [1.29, 1.82) is 0 Å². The van der Waals surface area contributed by atoms with Crippen LogP contribution in [0.5, 0.6) is 0 Å². The zero-order chi connectivity index (χ0) is 25.7. The van der Waals surface area contributed by atoms with Crippen LogP contribution in [0.4, 0.5) is 8.78 Å². The molecule has 5 atom stereocenters. The van der Waals surface area contributed by atoms with Crippen LogP contribution in [0.2, 0.25) is 5.02 Å². The van der Waals surface area contributed by atoms with Crippen molar-refractivity contribution in [1.82, 2.24) is 10.2 Å². The third kappa shape index (κ3) is 4.92. The molecule has 0 radical (unpaired) electrons. The van der Waals surface area contributed by atoms with Gasteiger partial charge in [0.25, 0.3) is 5.91 Å². The van der Waals surface area contributed by atoms with Gasteiger partial charge in [0.05, 0.1) is 22.1 Å². The largest absolute Gasteiger partial charge is 0.391 e. The molecular weight excluding hydrogens is 502 g/mol. The number of carbonyl (C=O) groups excluding carboxylic acids is 2. The fourth-order valence-electron chi connectivity index (χ4n) is 4.84. The number of nitrogens with one attached hydrogen (secondary N) is 1. The van der Waals surface area contributed by atoms with E-state index in [1.165, 1.54) is 36.1 Å². The average Bonchev–Trinajstić information content (AvgIpc) is 3.03. The van der Waals surface area contributed by atoms with Crippen LogP contribution in [0.25, 0.3) is 0 Å². The molecule has 1 saturated heterocycles. The summed E-state index contributed by atoms with van der Waals surface area (Å²) >= 11 is 5.62. The van der Waals surface area contributed by atoms with Crippen LogP contribution in [0.3, 0.4) is 0 Å². The number of hydrogen-bond donors (Lipinski definition) is 2. The summed E-state index contributed by atoms with van der Waals surface area (Å²) in [6.45, 7) is 1.33. The van der Waals surface area contributed by atoms with Crippen molar-refractivity contribution >= 4 is 33.3 Å². The highest BCUT2D eigenvalue weighted by Crippen LogP contribution is 2.44. The predicted molar refractivity (Wildman–Crippen MR) is 125 cm³/mol. The summed E-state index contributed by atoms with van der Waals surface area (Å²) in [5.74, 6) is -2.79. The van der Waals surface area contributed by atoms with E-state index >= 15 is 0 Å². The van der Waals surface area contributed by atoms with Gasteiger partial charge in [-0.2, -0.15) is 0 Å². The monoisotopic (exact) mass is 526 g/mol. The molecule has 1 saturated carbocycles. The van der Waals surface area contributed by atoms with Crippen LogP contribution in [0, 0.1) is 17.6 Å². The molecular formula is C24H25ClF2N2O5S. The van der Waals surface area contributed by atoms with Gasteiger partial charge in [-0.15, -0.1) is 0 Å². The van der Waals surface area contributed by atoms with Crippen molar-refractivity contribution in [3.63, 3.8) is 0 Å². The molecule has 2 aromatic carbocycles. The van der Waals surface area contributed by atoms with Gasteiger partial charge in [0, 0.05) is 23.4 Å². The van der Waals surface area contributed by atoms with Gasteiger partial charge in [-0.1, -0.05) is 17.7 Å². The third-order valence-corrected chi connectivity index (χ3v) is 8.20. The van der Waals surface area contributed by atoms with E-state index in [0.717, 1.165) is 24.8 Å². The molecule has 0 aromatic heterocycles. The number of rotatable bonds is 6. The van der Waals surface area contributed by atoms with E-state index in [1.54, 1.807) is 0 Å². The number of halogens is 3. The number of aliphatic hydroxyl groups is 1. The number of likely N-dealkylation sites (tertiary alicyclic amines) is 1. The zero-order valence-electron chi connectivity index (χ0n) is 19.0. The normalized spacial score (nSPS) is 23.3. The fourth-order valence-corrected chi connectivity index (χ4v) is 5.66. The number of hydrogen-bond acceptors (Lipinski definition) is 5. The van der Waals surface area contributed by atoms with Crippen molar-refractivity contribution in [3.8, 4) is 0 Å². The second kappa shape index (κ2) is 9.48. The number of amides is 2. The molecule has 2 amide bonds. The lowest BCUT2D eigenvalue weighted by molar-refractivity contribution is -0.126. The van der Waals surface area contributed by atoms with Gasteiger partial charge >= 0.3 is 0 Å². The molecule has 35 heavy (non-hydrogen) atoms. The first-order valence-corrected chi connectivity index (χ1v) is 13.4. The summed E-state index contributed by atoms with van der Waals surface area (Å²) < 4.78 is 52.4. The molecule has 2 fully saturated rings. The standard InChI is InChI=1S/C24H25ClF2N2O5S/c1-12(30)22(16-10-19(27)17(25)11-18(16)26)28-23(31)21-9-13-6-7-20(13)29(21)24(32)14-4-3-5-15(8-14)35(2,33)34/h3-5,8,10-13,20-22,30H,6-7,9H2,1-2H3,(H,28,31)/t12?,13-,20-,21-,22?/m1/s1. The Morgan fingerprint density at radius 3 is 2.49 bits per heavy atom. The van der Waals surface area contributed by atoms with E-state index in [1.807, 2.05) is 0 Å². The maximum absolute atomic E-state index is 14.5. The maximum atomic E-state index is 14.5. The molecule has 7 nitrogen and oxygen atoms in total. The van der Waals surface area contributed by atoms with E-state index in [-0.39, 0.29) is 28.0 Å². The van der Waals surface area contributed by atoms with Gasteiger partial charge in [0.15, 0.2) is 9.84 Å². The average molecular weight is 527 g/mol. The lowest BCUT2D eigenvalue weighted by Gasteiger charge is -2.37. The second-order valence-electron chi connectivity index (χ2n) is 9.18. The molecule has 4 rings (SSSR count). The van der Waals surface area contributed by atoms with Gasteiger partial charge in [-0.05, 0) is 62.4 Å². The Hall–Kier alpha value is -2.56. The Morgan fingerprint density at radius 2 is 1.89 bits per heavy atom. The Bertz CT molecular complexity index is 1290.